The molecule has 0 saturated heterocycles. The van der Waals surface area contributed by atoms with Crippen molar-refractivity contribution in [2.45, 2.75) is 26.3 Å². The van der Waals surface area contributed by atoms with Gasteiger partial charge < -0.3 is 9.30 Å². The molecule has 1 heterocycles. The van der Waals surface area contributed by atoms with E-state index in [1.165, 1.54) is 22.3 Å². The van der Waals surface area contributed by atoms with Gasteiger partial charge in [0.15, 0.2) is 0 Å². The molecule has 0 unspecified atom stereocenters. The third-order valence-electron chi connectivity index (χ3n) is 3.83. The maximum atomic E-state index is 10.5. The Bertz CT molecular complexity index is 657. The first-order valence-electron chi connectivity index (χ1n) is 6.66. The number of aromatic nitrogens is 2. The minimum absolute atomic E-state index is 0.468. The Morgan fingerprint density at radius 3 is 3.05 bits per heavy atom. The maximum absolute atomic E-state index is 10.5. The van der Waals surface area contributed by atoms with E-state index in [1.54, 1.807) is 6.20 Å². The number of allylic oxidation sites excluding steroid dienone is 2. The Morgan fingerprint density at radius 1 is 1.40 bits per heavy atom. The summed E-state index contributed by atoms with van der Waals surface area (Å²) in [5.41, 5.74) is 5.18. The largest absolute Gasteiger partial charge is 0.429 e. The fourth-order valence-electron chi connectivity index (χ4n) is 2.71. The molecule has 0 radical (unpaired) electrons. The Kier molecular flexibility index (Phi) is 3.37. The van der Waals surface area contributed by atoms with E-state index in [2.05, 4.69) is 16.5 Å². The van der Waals surface area contributed by atoms with Crippen molar-refractivity contribution < 1.29 is 9.53 Å². The molecule has 0 atom stereocenters. The molecule has 20 heavy (non-hydrogen) atoms. The predicted octanol–water partition coefficient (Wildman–Crippen LogP) is 2.84. The second-order valence-corrected chi connectivity index (χ2v) is 5.00. The second-order valence-electron chi connectivity index (χ2n) is 5.00. The van der Waals surface area contributed by atoms with Crippen molar-refractivity contribution in [2.24, 2.45) is 0 Å². The van der Waals surface area contributed by atoms with Gasteiger partial charge in [0.05, 0.1) is 6.33 Å². The molecule has 4 nitrogen and oxygen atoms in total. The van der Waals surface area contributed by atoms with Crippen molar-refractivity contribution >= 4 is 12.0 Å². The van der Waals surface area contributed by atoms with Gasteiger partial charge in [0.1, 0.15) is 5.75 Å². The van der Waals surface area contributed by atoms with Crippen molar-refractivity contribution in [3.63, 3.8) is 0 Å². The summed E-state index contributed by atoms with van der Waals surface area (Å²) in [5, 5.41) is 0. The fourth-order valence-corrected chi connectivity index (χ4v) is 2.71. The average molecular weight is 268 g/mol. The summed E-state index contributed by atoms with van der Waals surface area (Å²) in [6.45, 7) is 3.47. The zero-order chi connectivity index (χ0) is 13.9. The van der Waals surface area contributed by atoms with Gasteiger partial charge in [0.25, 0.3) is 6.47 Å². The Balaban J connectivity index is 1.95. The first-order valence-corrected chi connectivity index (χ1v) is 6.66. The number of imidazole rings is 1. The Hall–Kier alpha value is -2.36. The lowest BCUT2D eigenvalue weighted by atomic mass is 9.86. The van der Waals surface area contributed by atoms with Gasteiger partial charge in [0.2, 0.25) is 0 Å². The van der Waals surface area contributed by atoms with Crippen LogP contribution in [0.1, 0.15) is 24.5 Å². The van der Waals surface area contributed by atoms with Crippen LogP contribution >= 0.6 is 0 Å². The van der Waals surface area contributed by atoms with Gasteiger partial charge in [0, 0.05) is 18.9 Å². The first-order chi connectivity index (χ1) is 9.78. The number of aryl methyl sites for hydroxylation is 1. The van der Waals surface area contributed by atoms with Crippen LogP contribution in [0.4, 0.5) is 0 Å². The molecule has 1 aromatic heterocycles. The summed E-state index contributed by atoms with van der Waals surface area (Å²) in [6.07, 6.45) is 7.69. The van der Waals surface area contributed by atoms with Crippen molar-refractivity contribution in [1.29, 1.82) is 0 Å². The van der Waals surface area contributed by atoms with Crippen molar-refractivity contribution in [2.75, 3.05) is 0 Å². The van der Waals surface area contributed by atoms with Crippen LogP contribution in [0.5, 0.6) is 5.75 Å². The molecule has 1 aromatic carbocycles. The molecular weight excluding hydrogens is 252 g/mol. The van der Waals surface area contributed by atoms with Gasteiger partial charge in [-0.2, -0.15) is 0 Å². The topological polar surface area (TPSA) is 44.1 Å². The third-order valence-corrected chi connectivity index (χ3v) is 3.83. The highest BCUT2D eigenvalue weighted by molar-refractivity contribution is 5.73. The minimum Gasteiger partial charge on any atom is -0.429 e. The van der Waals surface area contributed by atoms with E-state index in [1.807, 2.05) is 30.7 Å². The summed E-state index contributed by atoms with van der Waals surface area (Å²) in [6, 6.07) is 5.85. The van der Waals surface area contributed by atoms with Crippen molar-refractivity contribution in [3.05, 3.63) is 53.6 Å². The molecule has 0 N–H and O–H groups in total. The third kappa shape index (κ3) is 2.37. The zero-order valence-electron chi connectivity index (χ0n) is 11.4. The Labute approximate surface area is 117 Å². The van der Waals surface area contributed by atoms with E-state index in [4.69, 9.17) is 4.74 Å². The van der Waals surface area contributed by atoms with E-state index in [0.29, 0.717) is 12.2 Å². The van der Waals surface area contributed by atoms with Crippen LogP contribution in [0, 0.1) is 0 Å². The highest BCUT2D eigenvalue weighted by Crippen LogP contribution is 2.34. The minimum atomic E-state index is 0.468. The molecule has 102 valence electrons. The van der Waals surface area contributed by atoms with Crippen molar-refractivity contribution in [3.8, 4) is 5.75 Å². The molecule has 0 bridgehead atoms. The van der Waals surface area contributed by atoms with Gasteiger partial charge in [-0.05, 0) is 54.2 Å². The summed E-state index contributed by atoms with van der Waals surface area (Å²) < 4.78 is 7.02. The number of rotatable bonds is 4. The second kappa shape index (κ2) is 5.33. The Morgan fingerprint density at radius 2 is 2.30 bits per heavy atom. The number of carbonyl (C=O) groups excluding carboxylic acids is 1. The molecule has 0 saturated carbocycles. The van der Waals surface area contributed by atoms with Crippen LogP contribution in [0.25, 0.3) is 5.57 Å². The standard InChI is InChI=1S/C16H16N2O2/c1-12-14(9-18-7-6-17-10-18)3-2-13-4-5-15(20-11-19)8-16(12)13/h4-8,10-11H,2-3,9H2,1H3. The predicted molar refractivity (Wildman–Crippen MR) is 76.3 cm³/mol. The van der Waals surface area contributed by atoms with Crippen LogP contribution in [-0.4, -0.2) is 16.0 Å². The highest BCUT2D eigenvalue weighted by Gasteiger charge is 2.16. The van der Waals surface area contributed by atoms with E-state index >= 15 is 0 Å². The van der Waals surface area contributed by atoms with Crippen molar-refractivity contribution in [1.82, 2.24) is 9.55 Å². The monoisotopic (exact) mass is 268 g/mol. The number of ether oxygens (including phenoxy) is 1. The summed E-state index contributed by atoms with van der Waals surface area (Å²) in [5.74, 6) is 0.599. The number of carbonyl (C=O) groups is 1. The van der Waals surface area contributed by atoms with Crippen LogP contribution < -0.4 is 4.74 Å². The van der Waals surface area contributed by atoms with Crippen LogP contribution in [0.3, 0.4) is 0 Å². The average Bonchev–Trinajstić information content (AvgIpc) is 2.96. The van der Waals surface area contributed by atoms with E-state index < -0.39 is 0 Å². The van der Waals surface area contributed by atoms with Gasteiger partial charge >= 0.3 is 0 Å². The molecular formula is C16H16N2O2. The molecule has 4 heteroatoms. The van der Waals surface area contributed by atoms with Gasteiger partial charge in [-0.3, -0.25) is 4.79 Å². The normalized spacial score (nSPS) is 14.1. The highest BCUT2D eigenvalue weighted by atomic mass is 16.5. The van der Waals surface area contributed by atoms with E-state index in [9.17, 15) is 4.79 Å². The molecule has 2 aromatic rings. The molecule has 0 aliphatic heterocycles. The van der Waals surface area contributed by atoms with Crippen LogP contribution in [0.15, 0.2) is 42.5 Å². The van der Waals surface area contributed by atoms with Crippen LogP contribution in [-0.2, 0) is 17.8 Å². The van der Waals surface area contributed by atoms with E-state index in [0.717, 1.165) is 19.4 Å². The summed E-state index contributed by atoms with van der Waals surface area (Å²) in [4.78, 5) is 14.5. The lowest BCUT2D eigenvalue weighted by Crippen LogP contribution is -2.08. The molecule has 3 rings (SSSR count). The lowest BCUT2D eigenvalue weighted by molar-refractivity contribution is -0.120. The number of nitrogens with zero attached hydrogens (tertiary/aromatic N) is 2. The molecule has 0 amide bonds. The van der Waals surface area contributed by atoms with E-state index in [-0.39, 0.29) is 0 Å². The number of hydrogen-bond acceptors (Lipinski definition) is 3. The van der Waals surface area contributed by atoms with Gasteiger partial charge in [-0.25, -0.2) is 4.98 Å². The number of fused-ring (bicyclic) bond motifs is 1. The lowest BCUT2D eigenvalue weighted by Gasteiger charge is -2.22. The number of hydrogen-bond donors (Lipinski definition) is 0. The smallest absolute Gasteiger partial charge is 0.298 e. The summed E-state index contributed by atoms with van der Waals surface area (Å²) in [7, 11) is 0. The van der Waals surface area contributed by atoms with Crippen LogP contribution in [0.2, 0.25) is 0 Å². The molecule has 0 fully saturated rings. The molecule has 1 aliphatic carbocycles. The SMILES string of the molecule is CC1=C(Cn2ccnc2)CCc2ccc(OC=O)cc21. The fraction of sp³-hybridized carbons (Fsp3) is 0.250. The summed E-state index contributed by atoms with van der Waals surface area (Å²) >= 11 is 0. The molecule has 0 spiro atoms. The zero-order valence-corrected chi connectivity index (χ0v) is 11.4. The van der Waals surface area contributed by atoms with Gasteiger partial charge in [-0.15, -0.1) is 0 Å². The first kappa shape index (κ1) is 12.7. The quantitative estimate of drug-likeness (QED) is 0.801. The molecule has 1 aliphatic rings. The maximum Gasteiger partial charge on any atom is 0.298 e. The number of benzene rings is 1. The van der Waals surface area contributed by atoms with Gasteiger partial charge in [-0.1, -0.05) is 6.07 Å².